The molecule has 0 aliphatic heterocycles. The summed E-state index contributed by atoms with van der Waals surface area (Å²) in [6.45, 7) is 1.67. The molecule has 0 fully saturated rings. The Morgan fingerprint density at radius 1 is 1.50 bits per heavy atom. The van der Waals surface area contributed by atoms with Crippen LogP contribution in [0, 0.1) is 8.98 Å². The van der Waals surface area contributed by atoms with E-state index in [2.05, 4.69) is 27.6 Å². The maximum absolute atomic E-state index is 7.38. The zero-order chi connectivity index (χ0) is 9.30. The predicted molar refractivity (Wildman–Crippen MR) is 58.3 cm³/mol. The van der Waals surface area contributed by atoms with Crippen LogP contribution in [0.3, 0.4) is 0 Å². The van der Waals surface area contributed by atoms with Gasteiger partial charge in [-0.3, -0.25) is 0 Å². The van der Waals surface area contributed by atoms with Crippen molar-refractivity contribution in [1.82, 2.24) is 4.98 Å². The third-order valence-corrected chi connectivity index (χ3v) is 2.30. The van der Waals surface area contributed by atoms with Gasteiger partial charge in [0.25, 0.3) is 0 Å². The summed E-state index contributed by atoms with van der Waals surface area (Å²) in [5, 5.41) is 7.38. The monoisotopic (exact) mass is 276 g/mol. The molecule has 0 unspecified atom stereocenters. The summed E-state index contributed by atoms with van der Waals surface area (Å²) in [6.07, 6.45) is 0. The van der Waals surface area contributed by atoms with Crippen LogP contribution in [-0.4, -0.2) is 10.7 Å². The fourth-order valence-electron chi connectivity index (χ4n) is 0.818. The molecule has 0 aliphatic rings. The van der Waals surface area contributed by atoms with Gasteiger partial charge in [0.1, 0.15) is 11.6 Å². The molecule has 5 N–H and O–H groups in total. The van der Waals surface area contributed by atoms with Crippen LogP contribution >= 0.6 is 22.6 Å². The van der Waals surface area contributed by atoms with Crippen molar-refractivity contribution in [2.45, 2.75) is 6.92 Å². The first-order valence-corrected chi connectivity index (χ1v) is 4.37. The van der Waals surface area contributed by atoms with E-state index in [1.54, 1.807) is 13.0 Å². The number of nitrogens with one attached hydrogen (secondary N) is 1. The molecule has 0 amide bonds. The second-order valence-corrected chi connectivity index (χ2v) is 3.58. The summed E-state index contributed by atoms with van der Waals surface area (Å²) >= 11 is 2.06. The van der Waals surface area contributed by atoms with Crippen LogP contribution in [0.5, 0.6) is 0 Å². The average Bonchev–Trinajstić information content (AvgIpc) is 1.96. The highest BCUT2D eigenvalue weighted by Crippen LogP contribution is 2.18. The van der Waals surface area contributed by atoms with Gasteiger partial charge in [-0.15, -0.1) is 0 Å². The standard InChI is InChI=1S/C7H9IN4/c1-3(9)4-2-5(8)7(11)12-6(4)10/h2,9H,1H3,(H4,10,11,12). The van der Waals surface area contributed by atoms with Crippen molar-refractivity contribution in [3.05, 3.63) is 15.2 Å². The number of hydrogen-bond acceptors (Lipinski definition) is 4. The van der Waals surface area contributed by atoms with E-state index >= 15 is 0 Å². The van der Waals surface area contributed by atoms with Gasteiger partial charge < -0.3 is 16.9 Å². The zero-order valence-electron chi connectivity index (χ0n) is 6.56. The summed E-state index contributed by atoms with van der Waals surface area (Å²) in [7, 11) is 0. The highest BCUT2D eigenvalue weighted by Gasteiger charge is 2.06. The van der Waals surface area contributed by atoms with Crippen molar-refractivity contribution >= 4 is 39.9 Å². The van der Waals surface area contributed by atoms with Crippen molar-refractivity contribution in [2.24, 2.45) is 0 Å². The van der Waals surface area contributed by atoms with Crippen LogP contribution in [0.1, 0.15) is 12.5 Å². The number of rotatable bonds is 1. The molecular formula is C7H9IN4. The minimum atomic E-state index is 0.320. The fourth-order valence-corrected chi connectivity index (χ4v) is 1.25. The number of nitrogens with two attached hydrogens (primary N) is 2. The number of pyridine rings is 1. The van der Waals surface area contributed by atoms with Gasteiger partial charge in [0.2, 0.25) is 0 Å². The van der Waals surface area contributed by atoms with Gasteiger partial charge in [-0.05, 0) is 35.6 Å². The molecule has 0 aliphatic carbocycles. The van der Waals surface area contributed by atoms with E-state index in [9.17, 15) is 0 Å². The molecule has 0 atom stereocenters. The Morgan fingerprint density at radius 3 is 2.58 bits per heavy atom. The third-order valence-electron chi connectivity index (χ3n) is 1.44. The van der Waals surface area contributed by atoms with Gasteiger partial charge in [0, 0.05) is 11.3 Å². The summed E-state index contributed by atoms with van der Waals surface area (Å²) < 4.78 is 0.823. The zero-order valence-corrected chi connectivity index (χ0v) is 8.71. The van der Waals surface area contributed by atoms with E-state index < -0.39 is 0 Å². The quantitative estimate of drug-likeness (QED) is 0.532. The van der Waals surface area contributed by atoms with Gasteiger partial charge in [0.15, 0.2) is 0 Å². The Hall–Kier alpha value is -0.850. The molecule has 0 saturated heterocycles. The molecule has 64 valence electrons. The summed E-state index contributed by atoms with van der Waals surface area (Å²) in [5.74, 6) is 0.735. The molecule has 1 rings (SSSR count). The summed E-state index contributed by atoms with van der Waals surface area (Å²) in [5.41, 5.74) is 12.1. The molecule has 0 saturated carbocycles. The van der Waals surface area contributed by atoms with E-state index in [1.807, 2.05) is 0 Å². The largest absolute Gasteiger partial charge is 0.383 e. The smallest absolute Gasteiger partial charge is 0.139 e. The fraction of sp³-hybridized carbons (Fsp3) is 0.143. The number of nitrogen functional groups attached to an aromatic ring is 2. The lowest BCUT2D eigenvalue weighted by Crippen LogP contribution is -2.06. The first-order valence-electron chi connectivity index (χ1n) is 3.29. The summed E-state index contributed by atoms with van der Waals surface area (Å²) in [6, 6.07) is 1.76. The number of halogens is 1. The van der Waals surface area contributed by atoms with Gasteiger partial charge >= 0.3 is 0 Å². The Labute approximate surface area is 84.0 Å². The molecule has 1 aromatic heterocycles. The Bertz CT molecular complexity index is 334. The maximum atomic E-state index is 7.38. The van der Waals surface area contributed by atoms with Crippen molar-refractivity contribution in [3.8, 4) is 0 Å². The average molecular weight is 276 g/mol. The van der Waals surface area contributed by atoms with Crippen LogP contribution in [0.4, 0.5) is 11.6 Å². The number of hydrogen-bond donors (Lipinski definition) is 3. The molecule has 1 aromatic rings. The lowest BCUT2D eigenvalue weighted by atomic mass is 10.2. The van der Waals surface area contributed by atoms with Crippen molar-refractivity contribution in [3.63, 3.8) is 0 Å². The summed E-state index contributed by atoms with van der Waals surface area (Å²) in [4.78, 5) is 3.90. The van der Waals surface area contributed by atoms with Gasteiger partial charge in [-0.2, -0.15) is 0 Å². The van der Waals surface area contributed by atoms with Crippen molar-refractivity contribution in [2.75, 3.05) is 11.5 Å². The van der Waals surface area contributed by atoms with Crippen LogP contribution in [0.15, 0.2) is 6.07 Å². The molecule has 1 heterocycles. The molecule has 0 spiro atoms. The van der Waals surface area contributed by atoms with E-state index in [-0.39, 0.29) is 0 Å². The third kappa shape index (κ3) is 1.66. The topological polar surface area (TPSA) is 88.8 Å². The first kappa shape index (κ1) is 9.24. The molecule has 12 heavy (non-hydrogen) atoms. The Morgan fingerprint density at radius 2 is 2.08 bits per heavy atom. The molecule has 0 aromatic carbocycles. The minimum absolute atomic E-state index is 0.320. The molecule has 5 heteroatoms. The van der Waals surface area contributed by atoms with Crippen LogP contribution in [-0.2, 0) is 0 Å². The maximum Gasteiger partial charge on any atom is 0.139 e. The van der Waals surface area contributed by atoms with Gasteiger partial charge in [0.05, 0.1) is 3.57 Å². The lowest BCUT2D eigenvalue weighted by molar-refractivity contribution is 1.30. The van der Waals surface area contributed by atoms with Crippen molar-refractivity contribution < 1.29 is 0 Å². The van der Waals surface area contributed by atoms with E-state index in [0.717, 1.165) is 3.57 Å². The minimum Gasteiger partial charge on any atom is -0.383 e. The lowest BCUT2D eigenvalue weighted by Gasteiger charge is -2.05. The highest BCUT2D eigenvalue weighted by molar-refractivity contribution is 14.1. The second kappa shape index (κ2) is 3.26. The second-order valence-electron chi connectivity index (χ2n) is 2.41. The van der Waals surface area contributed by atoms with E-state index in [4.69, 9.17) is 16.9 Å². The van der Waals surface area contributed by atoms with Crippen molar-refractivity contribution in [1.29, 1.82) is 5.41 Å². The van der Waals surface area contributed by atoms with Gasteiger partial charge in [-0.25, -0.2) is 4.98 Å². The Kier molecular flexibility index (Phi) is 2.51. The molecule has 0 radical (unpaired) electrons. The van der Waals surface area contributed by atoms with Crippen LogP contribution in [0.2, 0.25) is 0 Å². The predicted octanol–water partition coefficient (Wildman–Crippen LogP) is 1.24. The van der Waals surface area contributed by atoms with Crippen LogP contribution < -0.4 is 11.5 Å². The SMILES string of the molecule is CC(=N)c1cc(I)c(N)nc1N. The van der Waals surface area contributed by atoms with Gasteiger partial charge in [-0.1, -0.05) is 0 Å². The number of anilines is 2. The number of aromatic nitrogens is 1. The number of nitrogens with zero attached hydrogens (tertiary/aromatic N) is 1. The van der Waals surface area contributed by atoms with E-state index in [0.29, 0.717) is 22.9 Å². The highest BCUT2D eigenvalue weighted by atomic mass is 127. The molecule has 0 bridgehead atoms. The van der Waals surface area contributed by atoms with Crippen LogP contribution in [0.25, 0.3) is 0 Å². The first-order chi connectivity index (χ1) is 5.52. The normalized spacial score (nSPS) is 9.83. The molecule has 4 nitrogen and oxygen atoms in total. The van der Waals surface area contributed by atoms with E-state index in [1.165, 1.54) is 0 Å². The Balaban J connectivity index is 3.33. The molecular weight excluding hydrogens is 267 g/mol.